The van der Waals surface area contributed by atoms with Crippen LogP contribution in [0.25, 0.3) is 0 Å². The second kappa shape index (κ2) is 6.20. The van der Waals surface area contributed by atoms with E-state index < -0.39 is 0 Å². The minimum atomic E-state index is 0.675. The summed E-state index contributed by atoms with van der Waals surface area (Å²) in [4.78, 5) is 4.58. The minimum Gasteiger partial charge on any atom is -0.335 e. The van der Waals surface area contributed by atoms with Gasteiger partial charge in [-0.25, -0.2) is 4.98 Å². The van der Waals surface area contributed by atoms with Crippen LogP contribution in [0.15, 0.2) is 12.4 Å². The Morgan fingerprint density at radius 1 is 1.41 bits per heavy atom. The summed E-state index contributed by atoms with van der Waals surface area (Å²) in [6.45, 7) is 7.77. The summed E-state index contributed by atoms with van der Waals surface area (Å²) in [7, 11) is 0. The van der Waals surface area contributed by atoms with Gasteiger partial charge in [-0.2, -0.15) is 0 Å². The summed E-state index contributed by atoms with van der Waals surface area (Å²) in [6.07, 6.45) is 9.33. The number of aryl methyl sites for hydroxylation is 1. The Kier molecular flexibility index (Phi) is 4.60. The lowest BCUT2D eigenvalue weighted by atomic mass is 9.95. The maximum atomic E-state index is 4.58. The molecule has 0 aromatic carbocycles. The van der Waals surface area contributed by atoms with Gasteiger partial charge in [0.05, 0.1) is 0 Å². The van der Waals surface area contributed by atoms with Crippen LogP contribution in [0.4, 0.5) is 0 Å². The lowest BCUT2D eigenvalue weighted by molar-refractivity contribution is 0.421. The Morgan fingerprint density at radius 2 is 2.29 bits per heavy atom. The molecule has 3 nitrogen and oxygen atoms in total. The standard InChI is InChI=1S/C14H25N3/c1-3-8-15-11-12-6-5-7-13(12)14-16-9-10-17(14)4-2/h9-10,12-13,15H,3-8,11H2,1-2H3. The maximum absolute atomic E-state index is 4.58. The van der Waals surface area contributed by atoms with Gasteiger partial charge in [-0.15, -0.1) is 0 Å². The van der Waals surface area contributed by atoms with E-state index in [1.54, 1.807) is 0 Å². The molecular weight excluding hydrogens is 210 g/mol. The third-order valence-corrected chi connectivity index (χ3v) is 3.91. The summed E-state index contributed by atoms with van der Waals surface area (Å²) in [6, 6.07) is 0. The van der Waals surface area contributed by atoms with Gasteiger partial charge in [0, 0.05) is 24.9 Å². The molecule has 17 heavy (non-hydrogen) atoms. The molecule has 1 saturated carbocycles. The predicted octanol–water partition coefficient (Wildman–Crippen LogP) is 2.79. The summed E-state index contributed by atoms with van der Waals surface area (Å²) >= 11 is 0. The van der Waals surface area contributed by atoms with Gasteiger partial charge in [0.25, 0.3) is 0 Å². The van der Waals surface area contributed by atoms with Crippen LogP contribution >= 0.6 is 0 Å². The summed E-state index contributed by atoms with van der Waals surface area (Å²) in [5, 5.41) is 3.57. The van der Waals surface area contributed by atoms with Crippen molar-refractivity contribution in [3.8, 4) is 0 Å². The molecule has 0 radical (unpaired) electrons. The average Bonchev–Trinajstić information content (AvgIpc) is 2.96. The zero-order chi connectivity index (χ0) is 12.1. The van der Waals surface area contributed by atoms with E-state index >= 15 is 0 Å². The summed E-state index contributed by atoms with van der Waals surface area (Å²) in [5.41, 5.74) is 0. The topological polar surface area (TPSA) is 29.9 Å². The monoisotopic (exact) mass is 235 g/mol. The lowest BCUT2D eigenvalue weighted by Gasteiger charge is -2.20. The highest BCUT2D eigenvalue weighted by Gasteiger charge is 2.30. The molecule has 0 spiro atoms. The smallest absolute Gasteiger partial charge is 0.112 e. The van der Waals surface area contributed by atoms with Crippen LogP contribution < -0.4 is 5.32 Å². The van der Waals surface area contributed by atoms with E-state index in [0.717, 1.165) is 25.6 Å². The van der Waals surface area contributed by atoms with Crippen molar-refractivity contribution in [3.05, 3.63) is 18.2 Å². The molecule has 2 unspecified atom stereocenters. The van der Waals surface area contributed by atoms with E-state index in [9.17, 15) is 0 Å². The van der Waals surface area contributed by atoms with Crippen molar-refractivity contribution in [1.29, 1.82) is 0 Å². The molecule has 96 valence electrons. The normalized spacial score (nSPS) is 24.4. The first-order valence-electron chi connectivity index (χ1n) is 7.08. The van der Waals surface area contributed by atoms with E-state index in [0.29, 0.717) is 5.92 Å². The summed E-state index contributed by atoms with van der Waals surface area (Å²) in [5.74, 6) is 2.77. The molecule has 0 saturated heterocycles. The highest BCUT2D eigenvalue weighted by atomic mass is 15.1. The minimum absolute atomic E-state index is 0.675. The van der Waals surface area contributed by atoms with E-state index in [-0.39, 0.29) is 0 Å². The van der Waals surface area contributed by atoms with E-state index in [2.05, 4.69) is 34.9 Å². The molecular formula is C14H25N3. The number of aromatic nitrogens is 2. The number of nitrogens with one attached hydrogen (secondary N) is 1. The molecule has 2 rings (SSSR count). The second-order valence-electron chi connectivity index (χ2n) is 5.07. The Morgan fingerprint density at radius 3 is 3.06 bits per heavy atom. The van der Waals surface area contributed by atoms with Gasteiger partial charge in [-0.3, -0.25) is 0 Å². The van der Waals surface area contributed by atoms with Gasteiger partial charge in [0.2, 0.25) is 0 Å². The molecule has 2 atom stereocenters. The first-order valence-corrected chi connectivity index (χ1v) is 7.08. The number of hydrogen-bond donors (Lipinski definition) is 1. The van der Waals surface area contributed by atoms with Crippen molar-refractivity contribution in [2.75, 3.05) is 13.1 Å². The fourth-order valence-corrected chi connectivity index (χ4v) is 3.00. The van der Waals surface area contributed by atoms with Crippen molar-refractivity contribution >= 4 is 0 Å². The van der Waals surface area contributed by atoms with E-state index in [4.69, 9.17) is 0 Å². The number of hydrogen-bond acceptors (Lipinski definition) is 2. The van der Waals surface area contributed by atoms with Gasteiger partial charge in [0.15, 0.2) is 0 Å². The molecule has 3 heteroatoms. The van der Waals surface area contributed by atoms with Crippen LogP contribution in [0.1, 0.15) is 51.3 Å². The van der Waals surface area contributed by atoms with Gasteiger partial charge in [-0.05, 0) is 45.2 Å². The zero-order valence-corrected chi connectivity index (χ0v) is 11.2. The van der Waals surface area contributed by atoms with Crippen LogP contribution in [-0.4, -0.2) is 22.6 Å². The predicted molar refractivity (Wildman–Crippen MR) is 71.1 cm³/mol. The molecule has 1 fully saturated rings. The van der Waals surface area contributed by atoms with Crippen molar-refractivity contribution in [3.63, 3.8) is 0 Å². The number of rotatable bonds is 6. The van der Waals surface area contributed by atoms with Crippen LogP contribution in [-0.2, 0) is 6.54 Å². The fraction of sp³-hybridized carbons (Fsp3) is 0.786. The Labute approximate surface area is 105 Å². The highest BCUT2D eigenvalue weighted by molar-refractivity contribution is 5.05. The SMILES string of the molecule is CCCNCC1CCCC1c1nccn1CC. The average molecular weight is 235 g/mol. The van der Waals surface area contributed by atoms with Gasteiger partial charge in [0.1, 0.15) is 5.82 Å². The molecule has 0 bridgehead atoms. The molecule has 1 aromatic heterocycles. The van der Waals surface area contributed by atoms with Crippen LogP contribution in [0.2, 0.25) is 0 Å². The Bertz CT molecular complexity index is 332. The largest absolute Gasteiger partial charge is 0.335 e. The van der Waals surface area contributed by atoms with Gasteiger partial charge >= 0.3 is 0 Å². The molecule has 1 aliphatic rings. The first-order chi connectivity index (χ1) is 8.36. The van der Waals surface area contributed by atoms with Gasteiger partial charge < -0.3 is 9.88 Å². The van der Waals surface area contributed by atoms with Crippen molar-refractivity contribution in [1.82, 2.24) is 14.9 Å². The molecule has 1 N–H and O–H groups in total. The van der Waals surface area contributed by atoms with Crippen LogP contribution in [0, 0.1) is 5.92 Å². The van der Waals surface area contributed by atoms with Crippen molar-refractivity contribution in [2.45, 2.75) is 52.0 Å². The lowest BCUT2D eigenvalue weighted by Crippen LogP contribution is -2.26. The number of imidazole rings is 1. The highest BCUT2D eigenvalue weighted by Crippen LogP contribution is 2.38. The molecule has 1 heterocycles. The van der Waals surface area contributed by atoms with E-state index in [1.165, 1.54) is 31.5 Å². The summed E-state index contributed by atoms with van der Waals surface area (Å²) < 4.78 is 2.31. The van der Waals surface area contributed by atoms with E-state index in [1.807, 2.05) is 6.20 Å². The second-order valence-corrected chi connectivity index (χ2v) is 5.07. The quantitative estimate of drug-likeness (QED) is 0.768. The molecule has 0 aliphatic heterocycles. The molecule has 1 aromatic rings. The third kappa shape index (κ3) is 2.89. The molecule has 0 amide bonds. The fourth-order valence-electron chi connectivity index (χ4n) is 3.00. The van der Waals surface area contributed by atoms with Crippen LogP contribution in [0.5, 0.6) is 0 Å². The zero-order valence-electron chi connectivity index (χ0n) is 11.2. The van der Waals surface area contributed by atoms with Crippen molar-refractivity contribution < 1.29 is 0 Å². The van der Waals surface area contributed by atoms with Crippen molar-refractivity contribution in [2.24, 2.45) is 5.92 Å². The number of nitrogens with zero attached hydrogens (tertiary/aromatic N) is 2. The van der Waals surface area contributed by atoms with Gasteiger partial charge in [-0.1, -0.05) is 13.3 Å². The van der Waals surface area contributed by atoms with Crippen LogP contribution in [0.3, 0.4) is 0 Å². The first kappa shape index (κ1) is 12.6. The Hall–Kier alpha value is -0.830. The maximum Gasteiger partial charge on any atom is 0.112 e. The third-order valence-electron chi connectivity index (χ3n) is 3.91. The molecule has 1 aliphatic carbocycles. The Balaban J connectivity index is 1.99.